The van der Waals surface area contributed by atoms with Gasteiger partial charge >= 0.3 is 5.97 Å². The molecular weight excluding hydrogens is 320 g/mol. The highest BCUT2D eigenvalue weighted by molar-refractivity contribution is 5.91. The summed E-state index contributed by atoms with van der Waals surface area (Å²) in [4.78, 5) is 11.0. The Kier molecular flexibility index (Phi) is 5.70. The van der Waals surface area contributed by atoms with Crippen LogP contribution in [0.5, 0.6) is 17.2 Å². The lowest BCUT2D eigenvalue weighted by molar-refractivity contribution is -0.131. The first kappa shape index (κ1) is 18.4. The smallest absolute Gasteiger partial charge is 0.328 e. The largest absolute Gasteiger partial charge is 0.496 e. The highest BCUT2D eigenvalue weighted by Crippen LogP contribution is 2.44. The number of allylic oxidation sites excluding steroid dienone is 1. The van der Waals surface area contributed by atoms with Crippen molar-refractivity contribution in [3.63, 3.8) is 0 Å². The molecule has 0 amide bonds. The zero-order valence-electron chi connectivity index (χ0n) is 15.0. The first-order valence-electron chi connectivity index (χ1n) is 7.73. The van der Waals surface area contributed by atoms with Crippen molar-refractivity contribution in [1.82, 2.24) is 0 Å². The molecule has 0 fully saturated rings. The Morgan fingerprint density at radius 1 is 0.960 bits per heavy atom. The molecule has 0 atom stereocenters. The van der Waals surface area contributed by atoms with Gasteiger partial charge in [-0.25, -0.2) is 4.79 Å². The summed E-state index contributed by atoms with van der Waals surface area (Å²) in [6.07, 6.45) is 1.17. The zero-order chi connectivity index (χ0) is 18.6. The number of carbonyl (C=O) groups is 1. The van der Waals surface area contributed by atoms with Gasteiger partial charge in [0.05, 0.1) is 21.3 Å². The summed E-state index contributed by atoms with van der Waals surface area (Å²) in [6.45, 7) is 3.73. The predicted molar refractivity (Wildman–Crippen MR) is 97.6 cm³/mol. The lowest BCUT2D eigenvalue weighted by Gasteiger charge is -2.18. The maximum Gasteiger partial charge on any atom is 0.328 e. The second-order valence-electron chi connectivity index (χ2n) is 5.63. The Morgan fingerprint density at radius 3 is 2.20 bits per heavy atom. The quantitative estimate of drug-likeness (QED) is 0.798. The molecule has 0 unspecified atom stereocenters. The third kappa shape index (κ3) is 3.94. The standard InChI is InChI=1S/C20H22O5/c1-12-6-7-17(23-3)15(8-12)16-10-14(13(2)9-19(21)22)11-18(24-4)20(16)25-5/h6-11H,1-5H3,(H,21,22)/b13-9+. The van der Waals surface area contributed by atoms with Crippen molar-refractivity contribution in [2.75, 3.05) is 21.3 Å². The predicted octanol–water partition coefficient (Wildman–Crippen LogP) is 4.18. The van der Waals surface area contributed by atoms with Gasteiger partial charge in [-0.3, -0.25) is 0 Å². The topological polar surface area (TPSA) is 65.0 Å². The van der Waals surface area contributed by atoms with Gasteiger partial charge in [-0.2, -0.15) is 0 Å². The molecule has 5 nitrogen and oxygen atoms in total. The molecule has 0 aliphatic carbocycles. The average Bonchev–Trinajstić information content (AvgIpc) is 2.59. The van der Waals surface area contributed by atoms with E-state index in [0.29, 0.717) is 22.8 Å². The van der Waals surface area contributed by atoms with Crippen LogP contribution >= 0.6 is 0 Å². The van der Waals surface area contributed by atoms with Crippen LogP contribution in [-0.4, -0.2) is 32.4 Å². The third-order valence-electron chi connectivity index (χ3n) is 3.92. The summed E-state index contributed by atoms with van der Waals surface area (Å²) < 4.78 is 16.5. The van der Waals surface area contributed by atoms with Crippen molar-refractivity contribution in [3.05, 3.63) is 47.5 Å². The molecule has 0 aromatic heterocycles. The number of carboxylic acids is 1. The summed E-state index contributed by atoms with van der Waals surface area (Å²) in [7, 11) is 4.73. The van der Waals surface area contributed by atoms with Crippen LogP contribution in [0.15, 0.2) is 36.4 Å². The van der Waals surface area contributed by atoms with Crippen LogP contribution in [0, 0.1) is 6.92 Å². The van der Waals surface area contributed by atoms with Crippen LogP contribution in [0.4, 0.5) is 0 Å². The van der Waals surface area contributed by atoms with Crippen molar-refractivity contribution in [1.29, 1.82) is 0 Å². The molecule has 2 aromatic rings. The fourth-order valence-electron chi connectivity index (χ4n) is 2.69. The van der Waals surface area contributed by atoms with Gasteiger partial charge in [0, 0.05) is 17.2 Å². The number of aryl methyl sites for hydroxylation is 1. The Labute approximate surface area is 147 Å². The van der Waals surface area contributed by atoms with Crippen LogP contribution in [0.2, 0.25) is 0 Å². The van der Waals surface area contributed by atoms with Crippen LogP contribution in [0.3, 0.4) is 0 Å². The molecular formula is C20H22O5. The first-order valence-corrected chi connectivity index (χ1v) is 7.73. The zero-order valence-corrected chi connectivity index (χ0v) is 15.0. The van der Waals surface area contributed by atoms with Gasteiger partial charge in [0.15, 0.2) is 11.5 Å². The molecule has 0 heterocycles. The highest BCUT2D eigenvalue weighted by atomic mass is 16.5. The summed E-state index contributed by atoms with van der Waals surface area (Å²) in [5, 5.41) is 9.03. The number of hydrogen-bond acceptors (Lipinski definition) is 4. The summed E-state index contributed by atoms with van der Waals surface area (Å²) in [6, 6.07) is 9.50. The monoisotopic (exact) mass is 342 g/mol. The van der Waals surface area contributed by atoms with E-state index in [4.69, 9.17) is 19.3 Å². The van der Waals surface area contributed by atoms with E-state index < -0.39 is 5.97 Å². The second kappa shape index (κ2) is 7.75. The van der Waals surface area contributed by atoms with Crippen molar-refractivity contribution in [3.8, 4) is 28.4 Å². The van der Waals surface area contributed by atoms with Crippen LogP contribution < -0.4 is 14.2 Å². The molecule has 0 saturated heterocycles. The van der Waals surface area contributed by atoms with Crippen molar-refractivity contribution in [2.24, 2.45) is 0 Å². The number of benzene rings is 2. The average molecular weight is 342 g/mol. The molecule has 0 spiro atoms. The second-order valence-corrected chi connectivity index (χ2v) is 5.63. The molecule has 132 valence electrons. The van der Waals surface area contributed by atoms with Gasteiger partial charge in [0.1, 0.15) is 5.75 Å². The van der Waals surface area contributed by atoms with Gasteiger partial charge in [-0.05, 0) is 49.2 Å². The maximum atomic E-state index is 11.0. The molecule has 0 saturated carbocycles. The molecule has 1 N–H and O–H groups in total. The van der Waals surface area contributed by atoms with Crippen LogP contribution in [-0.2, 0) is 4.79 Å². The fourth-order valence-corrected chi connectivity index (χ4v) is 2.69. The van der Waals surface area contributed by atoms with E-state index in [9.17, 15) is 4.79 Å². The molecule has 0 radical (unpaired) electrons. The Balaban J connectivity index is 2.80. The summed E-state index contributed by atoms with van der Waals surface area (Å²) >= 11 is 0. The molecule has 0 bridgehead atoms. The molecule has 0 aliphatic heterocycles. The number of ether oxygens (including phenoxy) is 3. The SMILES string of the molecule is COc1ccc(C)cc1-c1cc(/C(C)=C/C(=O)O)cc(OC)c1OC. The van der Waals surface area contributed by atoms with Crippen molar-refractivity contribution >= 4 is 11.5 Å². The van der Waals surface area contributed by atoms with E-state index in [1.54, 1.807) is 34.3 Å². The fraction of sp³-hybridized carbons (Fsp3) is 0.250. The van der Waals surface area contributed by atoms with E-state index in [-0.39, 0.29) is 0 Å². The summed E-state index contributed by atoms with van der Waals surface area (Å²) in [5.74, 6) is 0.792. The Bertz CT molecular complexity index is 821. The van der Waals surface area contributed by atoms with E-state index in [1.807, 2.05) is 31.2 Å². The van der Waals surface area contributed by atoms with E-state index >= 15 is 0 Å². The molecule has 2 rings (SSSR count). The lowest BCUT2D eigenvalue weighted by Crippen LogP contribution is -1.98. The Morgan fingerprint density at radius 2 is 1.64 bits per heavy atom. The lowest BCUT2D eigenvalue weighted by atomic mass is 9.96. The van der Waals surface area contributed by atoms with E-state index in [2.05, 4.69) is 0 Å². The maximum absolute atomic E-state index is 11.0. The minimum Gasteiger partial charge on any atom is -0.496 e. The van der Waals surface area contributed by atoms with Gasteiger partial charge in [-0.15, -0.1) is 0 Å². The van der Waals surface area contributed by atoms with Crippen LogP contribution in [0.25, 0.3) is 16.7 Å². The van der Waals surface area contributed by atoms with E-state index in [1.165, 1.54) is 6.08 Å². The van der Waals surface area contributed by atoms with Gasteiger partial charge in [-0.1, -0.05) is 11.6 Å². The number of rotatable bonds is 6. The normalized spacial score (nSPS) is 11.2. The van der Waals surface area contributed by atoms with Crippen molar-refractivity contribution < 1.29 is 24.1 Å². The first-order chi connectivity index (χ1) is 11.9. The number of carboxylic acid groups (broad SMARTS) is 1. The third-order valence-corrected chi connectivity index (χ3v) is 3.92. The van der Waals surface area contributed by atoms with Crippen molar-refractivity contribution in [2.45, 2.75) is 13.8 Å². The van der Waals surface area contributed by atoms with Gasteiger partial charge in [0.2, 0.25) is 0 Å². The minimum atomic E-state index is -0.998. The van der Waals surface area contributed by atoms with Gasteiger partial charge < -0.3 is 19.3 Å². The molecule has 0 aliphatic rings. The van der Waals surface area contributed by atoms with Gasteiger partial charge in [0.25, 0.3) is 0 Å². The number of hydrogen-bond donors (Lipinski definition) is 1. The molecule has 5 heteroatoms. The molecule has 2 aromatic carbocycles. The van der Waals surface area contributed by atoms with Crippen LogP contribution in [0.1, 0.15) is 18.1 Å². The minimum absolute atomic E-state index is 0.525. The molecule has 25 heavy (non-hydrogen) atoms. The summed E-state index contributed by atoms with van der Waals surface area (Å²) in [5.41, 5.74) is 4.04. The van der Waals surface area contributed by atoms with E-state index in [0.717, 1.165) is 22.3 Å². The highest BCUT2D eigenvalue weighted by Gasteiger charge is 2.18. The number of aliphatic carboxylic acids is 1. The number of methoxy groups -OCH3 is 3. The Hall–Kier alpha value is -2.95.